The molecule has 0 spiro atoms. The summed E-state index contributed by atoms with van der Waals surface area (Å²) < 4.78 is 2.71. The van der Waals surface area contributed by atoms with Crippen LogP contribution in [-0.2, 0) is 0 Å². The predicted molar refractivity (Wildman–Crippen MR) is 82.1 cm³/mol. The van der Waals surface area contributed by atoms with E-state index in [2.05, 4.69) is 21.0 Å². The number of benzene rings is 2. The van der Waals surface area contributed by atoms with Crippen LogP contribution in [0.1, 0.15) is 10.4 Å². The van der Waals surface area contributed by atoms with Crippen LogP contribution in [0, 0.1) is 0 Å². The second kappa shape index (κ2) is 5.43. The molecule has 2 aromatic carbocycles. The molecule has 0 aliphatic rings. The van der Waals surface area contributed by atoms with E-state index in [9.17, 15) is 4.79 Å². The van der Waals surface area contributed by atoms with E-state index < -0.39 is 0 Å². The van der Waals surface area contributed by atoms with Crippen molar-refractivity contribution in [1.29, 1.82) is 0 Å². The number of hydrogen-bond donors (Lipinski definition) is 0. The van der Waals surface area contributed by atoms with E-state index in [1.54, 1.807) is 10.9 Å². The van der Waals surface area contributed by atoms with E-state index in [0.717, 1.165) is 27.7 Å². The van der Waals surface area contributed by atoms with Gasteiger partial charge in [0.25, 0.3) is 0 Å². The van der Waals surface area contributed by atoms with Gasteiger partial charge in [-0.2, -0.15) is 5.10 Å². The van der Waals surface area contributed by atoms with Crippen molar-refractivity contribution in [1.82, 2.24) is 9.78 Å². The first-order valence-corrected chi connectivity index (χ1v) is 6.94. The summed E-state index contributed by atoms with van der Waals surface area (Å²) in [5, 5.41) is 4.35. The van der Waals surface area contributed by atoms with E-state index in [-0.39, 0.29) is 0 Å². The molecule has 3 nitrogen and oxygen atoms in total. The molecule has 0 N–H and O–H groups in total. The lowest BCUT2D eigenvalue weighted by molar-refractivity contribution is 0.112. The van der Waals surface area contributed by atoms with E-state index >= 15 is 0 Å². The fourth-order valence-electron chi connectivity index (χ4n) is 2.14. The molecule has 0 fully saturated rings. The van der Waals surface area contributed by atoms with Gasteiger partial charge in [-0.25, -0.2) is 4.68 Å². The number of para-hydroxylation sites is 1. The van der Waals surface area contributed by atoms with Crippen LogP contribution >= 0.6 is 15.9 Å². The maximum Gasteiger partial charge on any atom is 0.153 e. The monoisotopic (exact) mass is 326 g/mol. The smallest absolute Gasteiger partial charge is 0.153 e. The first kappa shape index (κ1) is 12.8. The highest BCUT2D eigenvalue weighted by Gasteiger charge is 2.15. The van der Waals surface area contributed by atoms with Crippen LogP contribution in [0.15, 0.2) is 65.3 Å². The van der Waals surface area contributed by atoms with Gasteiger partial charge < -0.3 is 0 Å². The fraction of sp³-hybridized carbons (Fsp3) is 0. The molecule has 1 aromatic heterocycles. The third kappa shape index (κ3) is 2.18. The van der Waals surface area contributed by atoms with Gasteiger partial charge in [-0.15, -0.1) is 0 Å². The highest BCUT2D eigenvalue weighted by atomic mass is 79.9. The Labute approximate surface area is 125 Å². The van der Waals surface area contributed by atoms with Crippen LogP contribution in [0.4, 0.5) is 0 Å². The van der Waals surface area contributed by atoms with Gasteiger partial charge in [0, 0.05) is 10.0 Å². The molecule has 0 aliphatic heterocycles. The number of rotatable bonds is 3. The van der Waals surface area contributed by atoms with Crippen LogP contribution in [0.2, 0.25) is 0 Å². The summed E-state index contributed by atoms with van der Waals surface area (Å²) in [4.78, 5) is 11.3. The SMILES string of the molecule is O=Cc1cnn(-c2ccccc2Br)c1-c1ccccc1. The Morgan fingerprint density at radius 2 is 1.70 bits per heavy atom. The van der Waals surface area contributed by atoms with Gasteiger partial charge in [0.1, 0.15) is 0 Å². The molecule has 0 saturated carbocycles. The average molecular weight is 327 g/mol. The molecule has 3 aromatic rings. The molecule has 1 heterocycles. The van der Waals surface area contributed by atoms with Gasteiger partial charge in [0.2, 0.25) is 0 Å². The molecule has 4 heteroatoms. The topological polar surface area (TPSA) is 34.9 Å². The van der Waals surface area contributed by atoms with Crippen molar-refractivity contribution < 1.29 is 4.79 Å². The Morgan fingerprint density at radius 3 is 2.40 bits per heavy atom. The highest BCUT2D eigenvalue weighted by Crippen LogP contribution is 2.28. The summed E-state index contributed by atoms with van der Waals surface area (Å²) in [5.74, 6) is 0. The van der Waals surface area contributed by atoms with E-state index in [4.69, 9.17) is 0 Å². The van der Waals surface area contributed by atoms with Gasteiger partial charge >= 0.3 is 0 Å². The van der Waals surface area contributed by atoms with Gasteiger partial charge in [0.05, 0.1) is 23.1 Å². The van der Waals surface area contributed by atoms with Crippen molar-refractivity contribution >= 4 is 22.2 Å². The highest BCUT2D eigenvalue weighted by molar-refractivity contribution is 9.10. The predicted octanol–water partition coefficient (Wildman–Crippen LogP) is 4.11. The minimum Gasteiger partial charge on any atom is -0.298 e. The molecular formula is C16H11BrN2O. The maximum absolute atomic E-state index is 11.3. The molecule has 0 saturated heterocycles. The van der Waals surface area contributed by atoms with Crippen LogP contribution in [0.3, 0.4) is 0 Å². The van der Waals surface area contributed by atoms with Crippen molar-refractivity contribution in [3.8, 4) is 16.9 Å². The van der Waals surface area contributed by atoms with Crippen molar-refractivity contribution in [2.75, 3.05) is 0 Å². The zero-order valence-electron chi connectivity index (χ0n) is 10.5. The second-order valence-electron chi connectivity index (χ2n) is 4.30. The molecule has 3 rings (SSSR count). The minimum absolute atomic E-state index is 0.576. The third-order valence-corrected chi connectivity index (χ3v) is 3.72. The van der Waals surface area contributed by atoms with Gasteiger partial charge in [-0.3, -0.25) is 4.79 Å². The molecule has 0 aliphatic carbocycles. The summed E-state index contributed by atoms with van der Waals surface area (Å²) >= 11 is 3.52. The van der Waals surface area contributed by atoms with Crippen LogP contribution in [-0.4, -0.2) is 16.1 Å². The van der Waals surface area contributed by atoms with Gasteiger partial charge in [-0.1, -0.05) is 42.5 Å². The summed E-state index contributed by atoms with van der Waals surface area (Å²) in [5.41, 5.74) is 3.24. The second-order valence-corrected chi connectivity index (χ2v) is 5.15. The van der Waals surface area contributed by atoms with Crippen molar-refractivity contribution in [3.63, 3.8) is 0 Å². The van der Waals surface area contributed by atoms with Crippen molar-refractivity contribution in [3.05, 3.63) is 70.8 Å². The number of carbonyl (C=O) groups excluding carboxylic acids is 1. The van der Waals surface area contributed by atoms with Gasteiger partial charge in [-0.05, 0) is 28.1 Å². The lowest BCUT2D eigenvalue weighted by atomic mass is 10.1. The van der Waals surface area contributed by atoms with Crippen LogP contribution in [0.5, 0.6) is 0 Å². The van der Waals surface area contributed by atoms with Crippen LogP contribution < -0.4 is 0 Å². The normalized spacial score (nSPS) is 10.4. The molecule has 98 valence electrons. The quantitative estimate of drug-likeness (QED) is 0.679. The largest absolute Gasteiger partial charge is 0.298 e. The lowest BCUT2D eigenvalue weighted by Crippen LogP contribution is -2.00. The number of aromatic nitrogens is 2. The zero-order valence-corrected chi connectivity index (χ0v) is 12.1. The summed E-state index contributed by atoms with van der Waals surface area (Å²) in [7, 11) is 0. The van der Waals surface area contributed by atoms with E-state index in [1.165, 1.54) is 0 Å². The number of aldehydes is 1. The minimum atomic E-state index is 0.576. The molecule has 0 bridgehead atoms. The summed E-state index contributed by atoms with van der Waals surface area (Å²) in [6.45, 7) is 0. The van der Waals surface area contributed by atoms with Crippen molar-refractivity contribution in [2.24, 2.45) is 0 Å². The fourth-order valence-corrected chi connectivity index (χ4v) is 2.59. The first-order chi connectivity index (χ1) is 9.81. The van der Waals surface area contributed by atoms with E-state index in [1.807, 2.05) is 54.6 Å². The third-order valence-electron chi connectivity index (χ3n) is 3.05. The lowest BCUT2D eigenvalue weighted by Gasteiger charge is -2.10. The number of carbonyl (C=O) groups is 1. The Kier molecular flexibility index (Phi) is 3.48. The maximum atomic E-state index is 11.3. The molecular weight excluding hydrogens is 316 g/mol. The molecule has 0 amide bonds. The Morgan fingerprint density at radius 1 is 1.00 bits per heavy atom. The Hall–Kier alpha value is -2.20. The zero-order chi connectivity index (χ0) is 13.9. The van der Waals surface area contributed by atoms with Crippen LogP contribution in [0.25, 0.3) is 16.9 Å². The van der Waals surface area contributed by atoms with E-state index in [0.29, 0.717) is 5.56 Å². The Balaban J connectivity index is 2.26. The molecule has 0 unspecified atom stereocenters. The van der Waals surface area contributed by atoms with Gasteiger partial charge in [0.15, 0.2) is 6.29 Å². The molecule has 0 radical (unpaired) electrons. The van der Waals surface area contributed by atoms with Crippen molar-refractivity contribution in [2.45, 2.75) is 0 Å². The standard InChI is InChI=1S/C16H11BrN2O/c17-14-8-4-5-9-15(14)19-16(13(11-20)10-18-19)12-6-2-1-3-7-12/h1-11H. The number of halogens is 1. The average Bonchev–Trinajstić information content (AvgIpc) is 2.92. The first-order valence-electron chi connectivity index (χ1n) is 6.15. The molecule has 0 atom stereocenters. The number of nitrogens with zero attached hydrogens (tertiary/aromatic N) is 2. The molecule has 20 heavy (non-hydrogen) atoms. The Bertz CT molecular complexity index is 750. The number of hydrogen-bond acceptors (Lipinski definition) is 2. The summed E-state index contributed by atoms with van der Waals surface area (Å²) in [6, 6.07) is 17.6. The summed E-state index contributed by atoms with van der Waals surface area (Å²) in [6.07, 6.45) is 2.43.